The minimum absolute atomic E-state index is 0.285. The van der Waals surface area contributed by atoms with Gasteiger partial charge in [-0.15, -0.1) is 5.10 Å². The van der Waals surface area contributed by atoms with Gasteiger partial charge in [0, 0.05) is 26.2 Å². The summed E-state index contributed by atoms with van der Waals surface area (Å²) in [5.41, 5.74) is 3.63. The fraction of sp³-hybridized carbons (Fsp3) is 0.389. The summed E-state index contributed by atoms with van der Waals surface area (Å²) >= 11 is 0. The highest BCUT2D eigenvalue weighted by Gasteiger charge is 2.33. The van der Waals surface area contributed by atoms with Gasteiger partial charge in [0.1, 0.15) is 11.3 Å². The average molecular weight is 339 g/mol. The summed E-state index contributed by atoms with van der Waals surface area (Å²) in [7, 11) is 1.96. The van der Waals surface area contributed by atoms with Gasteiger partial charge < -0.3 is 14.2 Å². The van der Waals surface area contributed by atoms with Crippen LogP contribution in [0.4, 0.5) is 16.2 Å². The molecule has 0 saturated carbocycles. The quantitative estimate of drug-likeness (QED) is 0.731. The van der Waals surface area contributed by atoms with Gasteiger partial charge in [-0.3, -0.25) is 0 Å². The highest BCUT2D eigenvalue weighted by molar-refractivity contribution is 5.74. The predicted octanol–water partition coefficient (Wildman–Crippen LogP) is 2.57. The third kappa shape index (κ3) is 2.42. The van der Waals surface area contributed by atoms with E-state index in [1.54, 1.807) is 6.07 Å². The third-order valence-electron chi connectivity index (χ3n) is 5.18. The van der Waals surface area contributed by atoms with E-state index < -0.39 is 0 Å². The highest BCUT2D eigenvalue weighted by Crippen LogP contribution is 2.29. The molecule has 25 heavy (non-hydrogen) atoms. The molecule has 3 heterocycles. The van der Waals surface area contributed by atoms with Gasteiger partial charge in [-0.05, 0) is 43.0 Å². The van der Waals surface area contributed by atoms with Crippen molar-refractivity contribution in [1.29, 1.82) is 0 Å². The third-order valence-corrected chi connectivity index (χ3v) is 5.18. The number of aromatic nitrogens is 3. The molecule has 0 radical (unpaired) electrons. The van der Waals surface area contributed by atoms with Crippen LogP contribution in [0.3, 0.4) is 0 Å². The minimum atomic E-state index is -0.306. The second-order valence-corrected chi connectivity index (χ2v) is 6.81. The van der Waals surface area contributed by atoms with Crippen molar-refractivity contribution < 1.29 is 8.81 Å². The molecule has 0 atom stereocenters. The summed E-state index contributed by atoms with van der Waals surface area (Å²) in [5, 5.41) is 8.72. The largest absolute Gasteiger partial charge is 0.423 e. The molecule has 128 valence electrons. The molecule has 0 bridgehead atoms. The number of hydrogen-bond acceptors (Lipinski definition) is 6. The van der Waals surface area contributed by atoms with Gasteiger partial charge in [0.15, 0.2) is 11.4 Å². The number of aryl methyl sites for hydroxylation is 2. The number of fused-ring (bicyclic) bond motifs is 2. The monoisotopic (exact) mass is 339 g/mol. The van der Waals surface area contributed by atoms with E-state index in [2.05, 4.69) is 26.1 Å². The summed E-state index contributed by atoms with van der Waals surface area (Å²) in [6.45, 7) is 1.69. The van der Waals surface area contributed by atoms with Gasteiger partial charge >= 0.3 is 0 Å². The van der Waals surface area contributed by atoms with E-state index in [0.29, 0.717) is 17.1 Å². The normalized spacial score (nSPS) is 17.0. The molecule has 1 aliphatic heterocycles. The highest BCUT2D eigenvalue weighted by atomic mass is 19.1. The molecule has 6 nitrogen and oxygen atoms in total. The lowest BCUT2D eigenvalue weighted by atomic mass is 10.1. The van der Waals surface area contributed by atoms with Crippen LogP contribution in [-0.4, -0.2) is 41.4 Å². The molecule has 1 saturated heterocycles. The molecule has 0 spiro atoms. The molecule has 0 unspecified atom stereocenters. The lowest BCUT2D eigenvalue weighted by Gasteiger charge is -2.43. The van der Waals surface area contributed by atoms with Crippen molar-refractivity contribution in [3.05, 3.63) is 41.3 Å². The first kappa shape index (κ1) is 14.6. The SMILES string of the molecule is CN(c1nc2cc(F)ccc2o1)C1CN(c2cc3c(nn2)CCC3)C1. The standard InChI is InChI=1S/C18H18FN5O/c1-23(18-20-15-8-12(19)5-6-16(15)25-18)13-9-24(10-13)17-7-11-3-2-4-14(11)21-22-17/h5-8,13H,2-4,9-10H2,1H3. The fourth-order valence-corrected chi connectivity index (χ4v) is 3.55. The van der Waals surface area contributed by atoms with E-state index in [-0.39, 0.29) is 11.9 Å². The zero-order valence-corrected chi connectivity index (χ0v) is 13.9. The average Bonchev–Trinajstić information content (AvgIpc) is 3.18. The Morgan fingerprint density at radius 3 is 2.96 bits per heavy atom. The molecular weight excluding hydrogens is 321 g/mol. The van der Waals surface area contributed by atoms with Crippen molar-refractivity contribution in [2.75, 3.05) is 29.9 Å². The maximum atomic E-state index is 13.3. The van der Waals surface area contributed by atoms with Crippen LogP contribution in [0.1, 0.15) is 17.7 Å². The van der Waals surface area contributed by atoms with Crippen molar-refractivity contribution in [1.82, 2.24) is 15.2 Å². The summed E-state index contributed by atoms with van der Waals surface area (Å²) in [4.78, 5) is 8.62. The zero-order chi connectivity index (χ0) is 17.0. The first-order valence-electron chi connectivity index (χ1n) is 8.57. The van der Waals surface area contributed by atoms with Crippen LogP contribution in [0.2, 0.25) is 0 Å². The summed E-state index contributed by atoms with van der Waals surface area (Å²) in [6, 6.07) is 7.37. The van der Waals surface area contributed by atoms with Gasteiger partial charge in [0.05, 0.1) is 11.7 Å². The Bertz CT molecular complexity index is 950. The van der Waals surface area contributed by atoms with Crippen LogP contribution < -0.4 is 9.80 Å². The number of likely N-dealkylation sites (N-methyl/N-ethyl adjacent to an activating group) is 1. The number of nitrogens with zero attached hydrogens (tertiary/aromatic N) is 5. The molecular formula is C18H18FN5O. The van der Waals surface area contributed by atoms with Crippen LogP contribution >= 0.6 is 0 Å². The van der Waals surface area contributed by atoms with Crippen LogP contribution in [0.25, 0.3) is 11.1 Å². The smallest absolute Gasteiger partial charge is 0.298 e. The van der Waals surface area contributed by atoms with Crippen LogP contribution in [0, 0.1) is 5.82 Å². The second-order valence-electron chi connectivity index (χ2n) is 6.81. The van der Waals surface area contributed by atoms with Gasteiger partial charge in [0.25, 0.3) is 6.01 Å². The van der Waals surface area contributed by atoms with E-state index in [0.717, 1.165) is 37.4 Å². The van der Waals surface area contributed by atoms with Crippen LogP contribution in [0.5, 0.6) is 0 Å². The van der Waals surface area contributed by atoms with Gasteiger partial charge in [0.2, 0.25) is 0 Å². The van der Waals surface area contributed by atoms with Gasteiger partial charge in [-0.25, -0.2) is 4.39 Å². The maximum absolute atomic E-state index is 13.3. The topological polar surface area (TPSA) is 58.3 Å². The molecule has 1 fully saturated rings. The Balaban J connectivity index is 1.30. The molecule has 0 N–H and O–H groups in total. The predicted molar refractivity (Wildman–Crippen MR) is 92.4 cm³/mol. The summed E-state index contributed by atoms with van der Waals surface area (Å²) in [5.74, 6) is 0.643. The van der Waals surface area contributed by atoms with Crippen molar-refractivity contribution >= 4 is 22.9 Å². The Labute approximate surface area is 144 Å². The molecule has 0 amide bonds. The minimum Gasteiger partial charge on any atom is -0.423 e. The van der Waals surface area contributed by atoms with E-state index in [1.165, 1.54) is 24.1 Å². The fourth-order valence-electron chi connectivity index (χ4n) is 3.55. The van der Waals surface area contributed by atoms with Gasteiger partial charge in [-0.2, -0.15) is 10.1 Å². The number of rotatable bonds is 3. The summed E-state index contributed by atoms with van der Waals surface area (Å²) in [6.07, 6.45) is 3.33. The van der Waals surface area contributed by atoms with Crippen molar-refractivity contribution in [3.63, 3.8) is 0 Å². The first-order chi connectivity index (χ1) is 12.2. The Morgan fingerprint density at radius 2 is 2.08 bits per heavy atom. The van der Waals surface area contributed by atoms with E-state index in [9.17, 15) is 4.39 Å². The lowest BCUT2D eigenvalue weighted by molar-refractivity contribution is 0.456. The number of halogens is 1. The molecule has 1 aromatic carbocycles. The Morgan fingerprint density at radius 1 is 1.20 bits per heavy atom. The van der Waals surface area contributed by atoms with Crippen LogP contribution in [-0.2, 0) is 12.8 Å². The lowest BCUT2D eigenvalue weighted by Crippen LogP contribution is -2.59. The number of hydrogen-bond donors (Lipinski definition) is 0. The van der Waals surface area contributed by atoms with Crippen molar-refractivity contribution in [2.24, 2.45) is 0 Å². The molecule has 1 aliphatic carbocycles. The molecule has 3 aromatic rings. The number of benzene rings is 1. The number of oxazole rings is 1. The second kappa shape index (κ2) is 5.40. The van der Waals surface area contributed by atoms with E-state index in [1.807, 2.05) is 11.9 Å². The van der Waals surface area contributed by atoms with Gasteiger partial charge in [-0.1, -0.05) is 0 Å². The molecule has 5 rings (SSSR count). The molecule has 2 aliphatic rings. The first-order valence-corrected chi connectivity index (χ1v) is 8.57. The molecule has 2 aromatic heterocycles. The van der Waals surface area contributed by atoms with Crippen molar-refractivity contribution in [2.45, 2.75) is 25.3 Å². The molecule has 7 heteroatoms. The van der Waals surface area contributed by atoms with E-state index >= 15 is 0 Å². The number of anilines is 2. The zero-order valence-electron chi connectivity index (χ0n) is 13.9. The van der Waals surface area contributed by atoms with Crippen molar-refractivity contribution in [3.8, 4) is 0 Å². The Kier molecular flexibility index (Phi) is 3.16. The van der Waals surface area contributed by atoms with E-state index in [4.69, 9.17) is 4.42 Å². The maximum Gasteiger partial charge on any atom is 0.298 e. The van der Waals surface area contributed by atoms with Crippen LogP contribution in [0.15, 0.2) is 28.7 Å². The summed E-state index contributed by atoms with van der Waals surface area (Å²) < 4.78 is 19.0. The Hall–Kier alpha value is -2.70.